The molecule has 0 radical (unpaired) electrons. The number of thioether (sulfide) groups is 1. The summed E-state index contributed by atoms with van der Waals surface area (Å²) in [6.07, 6.45) is 0. The molecule has 0 spiro atoms. The van der Waals surface area contributed by atoms with Crippen LogP contribution in [0.1, 0.15) is 31.3 Å². The summed E-state index contributed by atoms with van der Waals surface area (Å²) in [5, 5.41) is 0.901. The molecule has 112 valence electrons. The van der Waals surface area contributed by atoms with Crippen molar-refractivity contribution in [2.75, 3.05) is 11.5 Å². The van der Waals surface area contributed by atoms with Crippen molar-refractivity contribution in [1.82, 2.24) is 0 Å². The number of benzene rings is 1. The van der Waals surface area contributed by atoms with E-state index < -0.39 is 5.60 Å². The predicted molar refractivity (Wildman–Crippen MR) is 83.7 cm³/mol. The van der Waals surface area contributed by atoms with E-state index >= 15 is 0 Å². The minimum Gasteiger partial charge on any atom is -0.459 e. The second-order valence-electron chi connectivity index (χ2n) is 5.65. The predicted octanol–water partition coefficient (Wildman–Crippen LogP) is 3.69. The lowest BCUT2D eigenvalue weighted by Crippen LogP contribution is -2.25. The molecule has 0 saturated carbocycles. The Kier molecular flexibility index (Phi) is 4.73. The van der Waals surface area contributed by atoms with Crippen LogP contribution in [0.15, 0.2) is 34.7 Å². The molecule has 1 aromatic heterocycles. The summed E-state index contributed by atoms with van der Waals surface area (Å²) < 4.78 is 10.7. The number of ketones is 1. The monoisotopic (exact) mass is 306 g/mol. The second-order valence-corrected chi connectivity index (χ2v) is 6.64. The maximum absolute atomic E-state index is 12.0. The van der Waals surface area contributed by atoms with E-state index in [1.807, 2.05) is 45.0 Å². The summed E-state index contributed by atoms with van der Waals surface area (Å²) in [6.45, 7) is 5.44. The third-order valence-electron chi connectivity index (χ3n) is 2.57. The molecule has 0 fully saturated rings. The molecule has 1 aromatic carbocycles. The van der Waals surface area contributed by atoms with Crippen molar-refractivity contribution in [3.8, 4) is 0 Å². The molecule has 0 aliphatic carbocycles. The fraction of sp³-hybridized carbons (Fsp3) is 0.375. The van der Waals surface area contributed by atoms with Crippen LogP contribution in [0.2, 0.25) is 0 Å². The van der Waals surface area contributed by atoms with Gasteiger partial charge in [0.2, 0.25) is 5.78 Å². The first-order valence-corrected chi connectivity index (χ1v) is 7.82. The second kappa shape index (κ2) is 6.35. The smallest absolute Gasteiger partial charge is 0.316 e. The lowest BCUT2D eigenvalue weighted by atomic mass is 10.2. The Bertz CT molecular complexity index is 619. The third-order valence-corrected chi connectivity index (χ3v) is 3.48. The van der Waals surface area contributed by atoms with Gasteiger partial charge in [0, 0.05) is 5.39 Å². The number of fused-ring (bicyclic) bond motifs is 1. The van der Waals surface area contributed by atoms with Crippen LogP contribution in [0.25, 0.3) is 11.0 Å². The zero-order valence-electron chi connectivity index (χ0n) is 12.3. The van der Waals surface area contributed by atoms with Gasteiger partial charge in [-0.1, -0.05) is 18.2 Å². The van der Waals surface area contributed by atoms with Gasteiger partial charge >= 0.3 is 5.97 Å². The van der Waals surface area contributed by atoms with Gasteiger partial charge in [0.15, 0.2) is 5.76 Å². The van der Waals surface area contributed by atoms with Crippen LogP contribution < -0.4 is 0 Å². The van der Waals surface area contributed by atoms with Crippen molar-refractivity contribution < 1.29 is 18.7 Å². The lowest BCUT2D eigenvalue weighted by molar-refractivity contribution is -0.151. The Morgan fingerprint density at radius 3 is 2.57 bits per heavy atom. The molecule has 21 heavy (non-hydrogen) atoms. The van der Waals surface area contributed by atoms with Crippen LogP contribution in [-0.2, 0) is 9.53 Å². The normalized spacial score (nSPS) is 11.6. The highest BCUT2D eigenvalue weighted by atomic mass is 32.2. The Morgan fingerprint density at radius 2 is 1.90 bits per heavy atom. The molecule has 1 heterocycles. The van der Waals surface area contributed by atoms with E-state index in [1.54, 1.807) is 6.07 Å². The first-order chi connectivity index (χ1) is 9.85. The minimum absolute atomic E-state index is 0.125. The van der Waals surface area contributed by atoms with Crippen molar-refractivity contribution in [1.29, 1.82) is 0 Å². The molecule has 0 amide bonds. The molecule has 5 heteroatoms. The van der Waals surface area contributed by atoms with Crippen LogP contribution in [0, 0.1) is 0 Å². The van der Waals surface area contributed by atoms with Gasteiger partial charge in [-0.15, -0.1) is 11.8 Å². The van der Waals surface area contributed by atoms with E-state index in [-0.39, 0.29) is 23.3 Å². The van der Waals surface area contributed by atoms with E-state index in [4.69, 9.17) is 9.15 Å². The third kappa shape index (κ3) is 4.63. The molecule has 2 rings (SSSR count). The van der Waals surface area contributed by atoms with Crippen LogP contribution in [0.4, 0.5) is 0 Å². The molecule has 0 aliphatic heterocycles. The van der Waals surface area contributed by atoms with Crippen LogP contribution in [-0.4, -0.2) is 28.9 Å². The number of para-hydroxylation sites is 1. The fourth-order valence-electron chi connectivity index (χ4n) is 1.79. The molecule has 0 N–H and O–H groups in total. The first kappa shape index (κ1) is 15.6. The number of ether oxygens (including phenoxy) is 1. The minimum atomic E-state index is -0.500. The number of furan rings is 1. The molecule has 0 atom stereocenters. The molecule has 0 unspecified atom stereocenters. The largest absolute Gasteiger partial charge is 0.459 e. The van der Waals surface area contributed by atoms with Gasteiger partial charge in [0.1, 0.15) is 11.2 Å². The highest BCUT2D eigenvalue weighted by molar-refractivity contribution is 8.00. The van der Waals surface area contributed by atoms with Crippen molar-refractivity contribution in [2.45, 2.75) is 26.4 Å². The zero-order valence-corrected chi connectivity index (χ0v) is 13.2. The number of rotatable bonds is 5. The van der Waals surface area contributed by atoms with Crippen molar-refractivity contribution >= 4 is 34.5 Å². The van der Waals surface area contributed by atoms with Crippen molar-refractivity contribution in [2.24, 2.45) is 0 Å². The topological polar surface area (TPSA) is 56.5 Å². The van der Waals surface area contributed by atoms with E-state index in [9.17, 15) is 9.59 Å². The highest BCUT2D eigenvalue weighted by Crippen LogP contribution is 2.20. The molecular weight excluding hydrogens is 288 g/mol. The van der Waals surface area contributed by atoms with Gasteiger partial charge in [0.05, 0.1) is 11.5 Å². The Labute approximate surface area is 127 Å². The molecule has 4 nitrogen and oxygen atoms in total. The Hall–Kier alpha value is -1.75. The van der Waals surface area contributed by atoms with Crippen molar-refractivity contribution in [3.63, 3.8) is 0 Å². The van der Waals surface area contributed by atoms with Crippen LogP contribution >= 0.6 is 11.8 Å². The average Bonchev–Trinajstić information content (AvgIpc) is 2.80. The standard InChI is InChI=1S/C16H18O4S/c1-16(2,3)20-15(18)10-21-9-12(17)14-8-11-6-4-5-7-13(11)19-14/h4-8H,9-10H2,1-3H3. The molecule has 0 saturated heterocycles. The van der Waals surface area contributed by atoms with Crippen LogP contribution in [0.5, 0.6) is 0 Å². The zero-order chi connectivity index (χ0) is 15.5. The van der Waals surface area contributed by atoms with Gasteiger partial charge in [-0.25, -0.2) is 0 Å². The SMILES string of the molecule is CC(C)(C)OC(=O)CSCC(=O)c1cc2ccccc2o1. The van der Waals surface area contributed by atoms with E-state index in [2.05, 4.69) is 0 Å². The first-order valence-electron chi connectivity index (χ1n) is 6.66. The van der Waals surface area contributed by atoms with Crippen molar-refractivity contribution in [3.05, 3.63) is 36.1 Å². The van der Waals surface area contributed by atoms with Gasteiger partial charge in [-0.2, -0.15) is 0 Å². The van der Waals surface area contributed by atoms with E-state index in [0.717, 1.165) is 5.39 Å². The average molecular weight is 306 g/mol. The Morgan fingerprint density at radius 1 is 1.19 bits per heavy atom. The Balaban J connectivity index is 1.86. The fourth-order valence-corrected chi connectivity index (χ4v) is 2.44. The maximum Gasteiger partial charge on any atom is 0.316 e. The molecule has 0 bridgehead atoms. The number of Topliss-reactive ketones (excluding diaryl/α,β-unsaturated/α-hetero) is 1. The summed E-state index contributed by atoms with van der Waals surface area (Å²) >= 11 is 1.23. The summed E-state index contributed by atoms with van der Waals surface area (Å²) in [4.78, 5) is 23.6. The number of esters is 1. The summed E-state index contributed by atoms with van der Waals surface area (Å²) in [5.41, 5.74) is 0.193. The highest BCUT2D eigenvalue weighted by Gasteiger charge is 2.17. The van der Waals surface area contributed by atoms with E-state index in [1.165, 1.54) is 11.8 Å². The number of carbonyl (C=O) groups is 2. The van der Waals surface area contributed by atoms with Gasteiger partial charge in [-0.3, -0.25) is 9.59 Å². The molecule has 2 aromatic rings. The number of hydrogen-bond acceptors (Lipinski definition) is 5. The van der Waals surface area contributed by atoms with Crippen LogP contribution in [0.3, 0.4) is 0 Å². The number of carbonyl (C=O) groups excluding carboxylic acids is 2. The summed E-state index contributed by atoms with van der Waals surface area (Å²) in [7, 11) is 0. The quantitative estimate of drug-likeness (QED) is 0.623. The molecular formula is C16H18O4S. The lowest BCUT2D eigenvalue weighted by Gasteiger charge is -2.19. The van der Waals surface area contributed by atoms with Gasteiger partial charge in [0.25, 0.3) is 0 Å². The maximum atomic E-state index is 12.0. The summed E-state index contributed by atoms with van der Waals surface area (Å²) in [6, 6.07) is 9.19. The summed E-state index contributed by atoms with van der Waals surface area (Å²) in [5.74, 6) is 0.236. The molecule has 0 aliphatic rings. The number of hydrogen-bond donors (Lipinski definition) is 0. The van der Waals surface area contributed by atoms with E-state index in [0.29, 0.717) is 11.3 Å². The van der Waals surface area contributed by atoms with Gasteiger partial charge in [-0.05, 0) is 32.9 Å². The van der Waals surface area contributed by atoms with Gasteiger partial charge < -0.3 is 9.15 Å².